The van der Waals surface area contributed by atoms with E-state index in [0.29, 0.717) is 11.5 Å². The summed E-state index contributed by atoms with van der Waals surface area (Å²) in [5, 5.41) is 3.15. The molecule has 5 heteroatoms. The second-order valence-corrected chi connectivity index (χ2v) is 5.55. The van der Waals surface area contributed by atoms with E-state index >= 15 is 0 Å². The number of anilines is 1. The fraction of sp³-hybridized carbons (Fsp3) is 0.667. The molecule has 0 aromatic carbocycles. The van der Waals surface area contributed by atoms with Crippen molar-refractivity contribution in [2.45, 2.75) is 39.5 Å². The first-order valence-electron chi connectivity index (χ1n) is 7.56. The number of hydrogen-bond acceptors (Lipinski definition) is 4. The Labute approximate surface area is 120 Å². The summed E-state index contributed by atoms with van der Waals surface area (Å²) in [7, 11) is 0. The van der Waals surface area contributed by atoms with Crippen LogP contribution in [0.1, 0.15) is 49.9 Å². The van der Waals surface area contributed by atoms with Crippen LogP contribution in [0.3, 0.4) is 0 Å². The van der Waals surface area contributed by atoms with E-state index in [-0.39, 0.29) is 5.91 Å². The van der Waals surface area contributed by atoms with E-state index in [2.05, 4.69) is 29.1 Å². The first kappa shape index (κ1) is 14.8. The third kappa shape index (κ3) is 3.92. The lowest BCUT2D eigenvalue weighted by atomic mass is 9.99. The van der Waals surface area contributed by atoms with Crippen molar-refractivity contribution in [3.8, 4) is 0 Å². The summed E-state index contributed by atoms with van der Waals surface area (Å²) in [6.45, 7) is 6.94. The molecule has 0 bridgehead atoms. The zero-order valence-electron chi connectivity index (χ0n) is 12.4. The summed E-state index contributed by atoms with van der Waals surface area (Å²) in [4.78, 5) is 22.6. The van der Waals surface area contributed by atoms with Crippen LogP contribution in [0.5, 0.6) is 0 Å². The van der Waals surface area contributed by atoms with Gasteiger partial charge in [-0.25, -0.2) is 9.97 Å². The quantitative estimate of drug-likeness (QED) is 0.840. The fourth-order valence-corrected chi connectivity index (χ4v) is 2.30. The minimum Gasteiger partial charge on any atom is -0.354 e. The van der Waals surface area contributed by atoms with Gasteiger partial charge in [-0.3, -0.25) is 4.79 Å². The van der Waals surface area contributed by atoms with E-state index < -0.39 is 0 Å². The molecule has 2 rings (SSSR count). The number of carbonyl (C=O) groups is 1. The van der Waals surface area contributed by atoms with Crippen LogP contribution in [-0.2, 0) is 0 Å². The Hall–Kier alpha value is -1.65. The number of rotatable bonds is 5. The van der Waals surface area contributed by atoms with Crippen molar-refractivity contribution in [1.29, 1.82) is 0 Å². The van der Waals surface area contributed by atoms with Crippen molar-refractivity contribution in [2.24, 2.45) is 5.92 Å². The molecule has 1 aromatic heterocycles. The molecule has 1 aromatic rings. The molecule has 1 aliphatic heterocycles. The number of nitrogens with zero attached hydrogens (tertiary/aromatic N) is 3. The topological polar surface area (TPSA) is 58.1 Å². The summed E-state index contributed by atoms with van der Waals surface area (Å²) in [6, 6.07) is 0. The van der Waals surface area contributed by atoms with E-state index in [4.69, 9.17) is 0 Å². The number of aromatic nitrogens is 2. The van der Waals surface area contributed by atoms with Gasteiger partial charge in [0.05, 0.1) is 5.56 Å². The van der Waals surface area contributed by atoms with Gasteiger partial charge in [0, 0.05) is 32.0 Å². The highest BCUT2D eigenvalue weighted by molar-refractivity contribution is 5.93. The Morgan fingerprint density at radius 2 is 2.00 bits per heavy atom. The van der Waals surface area contributed by atoms with Crippen molar-refractivity contribution in [3.05, 3.63) is 18.0 Å². The van der Waals surface area contributed by atoms with Gasteiger partial charge in [-0.05, 0) is 25.2 Å². The number of unbranched alkanes of at least 4 members (excludes halogenated alkanes) is 1. The van der Waals surface area contributed by atoms with Crippen LogP contribution in [0.4, 0.5) is 5.95 Å². The highest BCUT2D eigenvalue weighted by Gasteiger charge is 2.21. The van der Waals surface area contributed by atoms with Crippen molar-refractivity contribution < 1.29 is 4.79 Å². The second-order valence-electron chi connectivity index (χ2n) is 5.55. The third-order valence-corrected chi connectivity index (χ3v) is 3.78. The Bertz CT molecular complexity index is 424. The Morgan fingerprint density at radius 1 is 1.35 bits per heavy atom. The lowest BCUT2D eigenvalue weighted by Gasteiger charge is -2.30. The minimum atomic E-state index is 0.0528. The van der Waals surface area contributed by atoms with Gasteiger partial charge in [-0.1, -0.05) is 20.3 Å². The number of amides is 1. The number of likely N-dealkylation sites (tertiary alicyclic amines) is 1. The third-order valence-electron chi connectivity index (χ3n) is 3.78. The van der Waals surface area contributed by atoms with Crippen LogP contribution < -0.4 is 5.32 Å². The zero-order chi connectivity index (χ0) is 14.4. The van der Waals surface area contributed by atoms with Gasteiger partial charge < -0.3 is 10.2 Å². The van der Waals surface area contributed by atoms with Gasteiger partial charge in [0.15, 0.2) is 0 Å². The van der Waals surface area contributed by atoms with Gasteiger partial charge in [0.25, 0.3) is 5.91 Å². The summed E-state index contributed by atoms with van der Waals surface area (Å²) in [6.07, 6.45) is 7.66. The van der Waals surface area contributed by atoms with Gasteiger partial charge in [0.2, 0.25) is 5.95 Å². The molecule has 0 spiro atoms. The average Bonchev–Trinajstić information content (AvgIpc) is 2.48. The maximum absolute atomic E-state index is 12.3. The normalized spacial score (nSPS) is 16.2. The van der Waals surface area contributed by atoms with Crippen molar-refractivity contribution in [2.75, 3.05) is 25.0 Å². The number of nitrogens with one attached hydrogen (secondary N) is 1. The zero-order valence-corrected chi connectivity index (χ0v) is 12.4. The van der Waals surface area contributed by atoms with Gasteiger partial charge in [0.1, 0.15) is 0 Å². The molecule has 1 N–H and O–H groups in total. The van der Waals surface area contributed by atoms with Crippen molar-refractivity contribution >= 4 is 11.9 Å². The highest BCUT2D eigenvalue weighted by atomic mass is 16.2. The molecule has 0 saturated carbocycles. The van der Waals surface area contributed by atoms with Crippen molar-refractivity contribution in [3.63, 3.8) is 0 Å². The molecule has 1 amide bonds. The van der Waals surface area contributed by atoms with E-state index in [0.717, 1.165) is 51.2 Å². The monoisotopic (exact) mass is 276 g/mol. The molecule has 0 aliphatic carbocycles. The standard InChI is InChI=1S/C15H24N4O/c1-3-4-7-16-15-17-10-13(11-18-15)14(20)19-8-5-12(2)6-9-19/h10-12H,3-9H2,1-2H3,(H,16,17,18). The van der Waals surface area contributed by atoms with E-state index in [1.54, 1.807) is 12.4 Å². The Morgan fingerprint density at radius 3 is 2.60 bits per heavy atom. The van der Waals surface area contributed by atoms with Gasteiger partial charge in [-0.2, -0.15) is 0 Å². The van der Waals surface area contributed by atoms with Crippen LogP contribution in [-0.4, -0.2) is 40.4 Å². The Balaban J connectivity index is 1.90. The van der Waals surface area contributed by atoms with E-state index in [1.807, 2.05) is 4.90 Å². The summed E-state index contributed by atoms with van der Waals surface area (Å²) in [5.74, 6) is 1.37. The summed E-state index contributed by atoms with van der Waals surface area (Å²) in [5.41, 5.74) is 0.584. The number of hydrogen-bond donors (Lipinski definition) is 1. The molecule has 5 nitrogen and oxygen atoms in total. The number of carbonyl (C=O) groups excluding carboxylic acids is 1. The summed E-state index contributed by atoms with van der Waals surface area (Å²) < 4.78 is 0. The largest absolute Gasteiger partial charge is 0.354 e. The van der Waals surface area contributed by atoms with Crippen LogP contribution in [0, 0.1) is 5.92 Å². The number of piperidine rings is 1. The minimum absolute atomic E-state index is 0.0528. The van der Waals surface area contributed by atoms with E-state index in [1.165, 1.54) is 0 Å². The average molecular weight is 276 g/mol. The predicted octanol–water partition coefficient (Wildman–Crippen LogP) is 2.56. The molecule has 1 fully saturated rings. The molecule has 1 aliphatic rings. The summed E-state index contributed by atoms with van der Waals surface area (Å²) >= 11 is 0. The maximum atomic E-state index is 12.3. The van der Waals surface area contributed by atoms with E-state index in [9.17, 15) is 4.79 Å². The lowest BCUT2D eigenvalue weighted by molar-refractivity contribution is 0.0696. The lowest BCUT2D eigenvalue weighted by Crippen LogP contribution is -2.38. The van der Waals surface area contributed by atoms with Crippen LogP contribution >= 0.6 is 0 Å². The highest BCUT2D eigenvalue weighted by Crippen LogP contribution is 2.17. The maximum Gasteiger partial charge on any atom is 0.256 e. The fourth-order valence-electron chi connectivity index (χ4n) is 2.30. The molecule has 110 valence electrons. The van der Waals surface area contributed by atoms with Crippen LogP contribution in [0.25, 0.3) is 0 Å². The molecule has 1 saturated heterocycles. The first-order valence-corrected chi connectivity index (χ1v) is 7.56. The SMILES string of the molecule is CCCCNc1ncc(C(=O)N2CCC(C)CC2)cn1. The van der Waals surface area contributed by atoms with Gasteiger partial charge in [-0.15, -0.1) is 0 Å². The molecule has 0 radical (unpaired) electrons. The molecular formula is C15H24N4O. The van der Waals surface area contributed by atoms with Crippen LogP contribution in [0.15, 0.2) is 12.4 Å². The Kier molecular flexibility index (Phi) is 5.32. The molecular weight excluding hydrogens is 252 g/mol. The van der Waals surface area contributed by atoms with Gasteiger partial charge >= 0.3 is 0 Å². The smallest absolute Gasteiger partial charge is 0.256 e. The molecule has 0 unspecified atom stereocenters. The first-order chi connectivity index (χ1) is 9.70. The van der Waals surface area contributed by atoms with Crippen LogP contribution in [0.2, 0.25) is 0 Å². The van der Waals surface area contributed by atoms with Crippen molar-refractivity contribution in [1.82, 2.24) is 14.9 Å². The molecule has 2 heterocycles. The molecule has 0 atom stereocenters. The second kappa shape index (κ2) is 7.22. The predicted molar refractivity (Wildman–Crippen MR) is 79.7 cm³/mol. The molecule has 20 heavy (non-hydrogen) atoms.